The summed E-state index contributed by atoms with van der Waals surface area (Å²) >= 11 is 3.40. The van der Waals surface area contributed by atoms with Crippen molar-refractivity contribution in [1.29, 1.82) is 0 Å². The normalized spacial score (nSPS) is 14.2. The minimum Gasteiger partial charge on any atom is -0.329 e. The second-order valence-electron chi connectivity index (χ2n) is 4.53. The number of hydrogen-bond acceptors (Lipinski definition) is 2. The molecule has 0 aliphatic carbocycles. The van der Waals surface area contributed by atoms with Gasteiger partial charge in [0, 0.05) is 16.7 Å². The Labute approximate surface area is 111 Å². The number of nitrogens with one attached hydrogen (secondary N) is 1. The van der Waals surface area contributed by atoms with Crippen LogP contribution in [-0.4, -0.2) is 12.5 Å². The average Bonchev–Trinajstić information content (AvgIpc) is 2.31. The maximum Gasteiger partial charge on any atom is 0.231 e. The van der Waals surface area contributed by atoms with Crippen molar-refractivity contribution >= 4 is 27.5 Å². The highest BCUT2D eigenvalue weighted by Crippen LogP contribution is 2.25. The number of hydrogen-bond donors (Lipinski definition) is 2. The summed E-state index contributed by atoms with van der Waals surface area (Å²) in [7, 11) is 0. The topological polar surface area (TPSA) is 55.1 Å². The Morgan fingerprint density at radius 3 is 2.65 bits per heavy atom. The Bertz CT molecular complexity index is 414. The number of benzene rings is 1. The van der Waals surface area contributed by atoms with Crippen LogP contribution in [0.4, 0.5) is 5.69 Å². The van der Waals surface area contributed by atoms with Gasteiger partial charge < -0.3 is 11.1 Å². The number of nitrogens with two attached hydrogens (primary N) is 1. The lowest BCUT2D eigenvalue weighted by atomic mass is 9.86. The van der Waals surface area contributed by atoms with Crippen molar-refractivity contribution in [3.63, 3.8) is 0 Å². The van der Waals surface area contributed by atoms with Gasteiger partial charge in [0.05, 0.1) is 5.41 Å². The van der Waals surface area contributed by atoms with Gasteiger partial charge in [-0.05, 0) is 44.0 Å². The molecule has 1 atom stereocenters. The summed E-state index contributed by atoms with van der Waals surface area (Å²) in [6.45, 7) is 6.18. The third-order valence-corrected chi connectivity index (χ3v) is 3.71. The molecular weight excluding hydrogens is 280 g/mol. The number of rotatable bonds is 4. The van der Waals surface area contributed by atoms with Gasteiger partial charge in [0.1, 0.15) is 0 Å². The molecule has 1 aromatic rings. The number of amides is 1. The van der Waals surface area contributed by atoms with Crippen LogP contribution < -0.4 is 11.1 Å². The van der Waals surface area contributed by atoms with Crippen LogP contribution in [0.2, 0.25) is 0 Å². The maximum atomic E-state index is 12.1. The minimum absolute atomic E-state index is 0.0204. The van der Waals surface area contributed by atoms with E-state index in [0.29, 0.717) is 6.54 Å². The summed E-state index contributed by atoms with van der Waals surface area (Å²) in [6.07, 6.45) is 0.727. The lowest BCUT2D eigenvalue weighted by Gasteiger charge is -2.25. The molecule has 1 aromatic carbocycles. The van der Waals surface area contributed by atoms with E-state index in [2.05, 4.69) is 21.2 Å². The van der Waals surface area contributed by atoms with Crippen molar-refractivity contribution in [3.8, 4) is 0 Å². The van der Waals surface area contributed by atoms with Gasteiger partial charge in [-0.1, -0.05) is 22.9 Å². The molecule has 0 radical (unpaired) electrons. The van der Waals surface area contributed by atoms with E-state index in [9.17, 15) is 4.79 Å². The molecule has 0 bridgehead atoms. The zero-order valence-corrected chi connectivity index (χ0v) is 12.1. The van der Waals surface area contributed by atoms with E-state index < -0.39 is 5.41 Å². The Hall–Kier alpha value is -0.870. The number of aryl methyl sites for hydroxylation is 1. The van der Waals surface area contributed by atoms with Crippen LogP contribution in [0.1, 0.15) is 25.8 Å². The van der Waals surface area contributed by atoms with E-state index in [0.717, 1.165) is 22.1 Å². The molecule has 0 spiro atoms. The molecule has 4 heteroatoms. The summed E-state index contributed by atoms with van der Waals surface area (Å²) in [4.78, 5) is 12.1. The molecule has 3 nitrogen and oxygen atoms in total. The Morgan fingerprint density at radius 1 is 1.53 bits per heavy atom. The molecular formula is C13H19BrN2O. The summed E-state index contributed by atoms with van der Waals surface area (Å²) < 4.78 is 1.00. The minimum atomic E-state index is -0.500. The zero-order valence-electron chi connectivity index (χ0n) is 10.5. The van der Waals surface area contributed by atoms with Crippen LogP contribution in [0.15, 0.2) is 22.7 Å². The second kappa shape index (κ2) is 5.65. The Morgan fingerprint density at radius 2 is 2.18 bits per heavy atom. The standard InChI is InChI=1S/C13H19BrN2O/c1-4-13(3,8-15)12(17)16-11-6-5-10(14)7-9(11)2/h5-7H,4,8,15H2,1-3H3,(H,16,17). The van der Waals surface area contributed by atoms with Crippen LogP contribution >= 0.6 is 15.9 Å². The number of carbonyl (C=O) groups is 1. The molecule has 0 heterocycles. The van der Waals surface area contributed by atoms with Gasteiger partial charge in [0.25, 0.3) is 0 Å². The van der Waals surface area contributed by atoms with Crippen molar-refractivity contribution in [2.75, 3.05) is 11.9 Å². The first-order chi connectivity index (χ1) is 7.92. The van der Waals surface area contributed by atoms with Crippen LogP contribution in [0.3, 0.4) is 0 Å². The largest absolute Gasteiger partial charge is 0.329 e. The van der Waals surface area contributed by atoms with Crippen molar-refractivity contribution in [2.45, 2.75) is 27.2 Å². The van der Waals surface area contributed by atoms with E-state index in [-0.39, 0.29) is 5.91 Å². The fraction of sp³-hybridized carbons (Fsp3) is 0.462. The summed E-state index contributed by atoms with van der Waals surface area (Å²) in [5, 5.41) is 2.94. The number of anilines is 1. The van der Waals surface area contributed by atoms with E-state index in [1.54, 1.807) is 0 Å². The zero-order chi connectivity index (χ0) is 13.1. The first-order valence-electron chi connectivity index (χ1n) is 5.70. The van der Waals surface area contributed by atoms with E-state index >= 15 is 0 Å². The molecule has 0 aliphatic rings. The molecule has 1 unspecified atom stereocenters. The molecule has 0 fully saturated rings. The lowest BCUT2D eigenvalue weighted by molar-refractivity contribution is -0.124. The van der Waals surface area contributed by atoms with Crippen molar-refractivity contribution in [2.24, 2.45) is 11.1 Å². The van der Waals surface area contributed by atoms with Crippen LogP contribution in [0.5, 0.6) is 0 Å². The van der Waals surface area contributed by atoms with Gasteiger partial charge in [-0.25, -0.2) is 0 Å². The van der Waals surface area contributed by atoms with Gasteiger partial charge in [-0.15, -0.1) is 0 Å². The van der Waals surface area contributed by atoms with Gasteiger partial charge in [0.15, 0.2) is 0 Å². The molecule has 0 aromatic heterocycles. The highest BCUT2D eigenvalue weighted by atomic mass is 79.9. The molecule has 1 rings (SSSR count). The SMILES string of the molecule is CCC(C)(CN)C(=O)Nc1ccc(Br)cc1C. The Balaban J connectivity index is 2.88. The van der Waals surface area contributed by atoms with E-state index in [1.165, 1.54) is 0 Å². The fourth-order valence-electron chi connectivity index (χ4n) is 1.44. The molecule has 17 heavy (non-hydrogen) atoms. The maximum absolute atomic E-state index is 12.1. The summed E-state index contributed by atoms with van der Waals surface area (Å²) in [6, 6.07) is 5.78. The summed E-state index contributed by atoms with van der Waals surface area (Å²) in [5.41, 5.74) is 7.04. The predicted molar refractivity (Wildman–Crippen MR) is 75.0 cm³/mol. The third-order valence-electron chi connectivity index (χ3n) is 3.22. The van der Waals surface area contributed by atoms with Gasteiger partial charge in [0.2, 0.25) is 5.91 Å². The Kier molecular flexibility index (Phi) is 4.71. The number of halogens is 1. The molecule has 94 valence electrons. The monoisotopic (exact) mass is 298 g/mol. The quantitative estimate of drug-likeness (QED) is 0.897. The van der Waals surface area contributed by atoms with Crippen LogP contribution in [0.25, 0.3) is 0 Å². The first-order valence-corrected chi connectivity index (χ1v) is 6.50. The average molecular weight is 299 g/mol. The van der Waals surface area contributed by atoms with E-state index in [1.807, 2.05) is 39.0 Å². The second-order valence-corrected chi connectivity index (χ2v) is 5.45. The van der Waals surface area contributed by atoms with E-state index in [4.69, 9.17) is 5.73 Å². The van der Waals surface area contributed by atoms with Crippen molar-refractivity contribution in [1.82, 2.24) is 0 Å². The lowest BCUT2D eigenvalue weighted by Crippen LogP contribution is -2.39. The summed E-state index contributed by atoms with van der Waals surface area (Å²) in [5.74, 6) is -0.0204. The number of carbonyl (C=O) groups excluding carboxylic acids is 1. The van der Waals surface area contributed by atoms with Gasteiger partial charge in [-0.2, -0.15) is 0 Å². The molecule has 0 saturated carbocycles. The highest BCUT2D eigenvalue weighted by molar-refractivity contribution is 9.10. The molecule has 0 aliphatic heterocycles. The third kappa shape index (κ3) is 3.30. The molecule has 0 saturated heterocycles. The van der Waals surface area contributed by atoms with Crippen molar-refractivity contribution in [3.05, 3.63) is 28.2 Å². The fourth-order valence-corrected chi connectivity index (χ4v) is 1.91. The van der Waals surface area contributed by atoms with Crippen molar-refractivity contribution < 1.29 is 4.79 Å². The molecule has 3 N–H and O–H groups in total. The van der Waals surface area contributed by atoms with Gasteiger partial charge >= 0.3 is 0 Å². The van der Waals surface area contributed by atoms with Crippen LogP contribution in [-0.2, 0) is 4.79 Å². The smallest absolute Gasteiger partial charge is 0.231 e. The first kappa shape index (κ1) is 14.2. The predicted octanol–water partition coefficient (Wildman–Crippen LogP) is 3.07. The van der Waals surface area contributed by atoms with Gasteiger partial charge in [-0.3, -0.25) is 4.79 Å². The van der Waals surface area contributed by atoms with Crippen LogP contribution in [0, 0.1) is 12.3 Å². The highest BCUT2D eigenvalue weighted by Gasteiger charge is 2.29. The molecule has 1 amide bonds.